The van der Waals surface area contributed by atoms with E-state index in [4.69, 9.17) is 40.3 Å². The maximum absolute atomic E-state index is 16.0. The minimum absolute atomic E-state index is 0.0486. The average Bonchev–Trinajstić information content (AvgIpc) is 3.37. The van der Waals surface area contributed by atoms with Gasteiger partial charge in [0.2, 0.25) is 5.88 Å². The Morgan fingerprint density at radius 2 is 1.85 bits per heavy atom. The van der Waals surface area contributed by atoms with E-state index in [0.717, 1.165) is 46.6 Å². The van der Waals surface area contributed by atoms with E-state index in [9.17, 15) is 4.39 Å². The van der Waals surface area contributed by atoms with Crippen LogP contribution in [0.3, 0.4) is 0 Å². The predicted molar refractivity (Wildman–Crippen MR) is 178 cm³/mol. The zero-order valence-electron chi connectivity index (χ0n) is 26.9. The number of hydrogen-bond acceptors (Lipinski definition) is 7. The Morgan fingerprint density at radius 3 is 2.67 bits per heavy atom. The molecule has 8 nitrogen and oxygen atoms in total. The lowest BCUT2D eigenvalue weighted by atomic mass is 9.98. The molecule has 1 unspecified atom stereocenters. The number of pyridine rings is 1. The first kappa shape index (κ1) is 32.5. The van der Waals surface area contributed by atoms with Gasteiger partial charge < -0.3 is 28.3 Å². The molecular weight excluding hydrogens is 640 g/mol. The van der Waals surface area contributed by atoms with Crippen LogP contribution in [0.2, 0.25) is 5.02 Å². The molecule has 0 radical (unpaired) electrons. The molecular formula is C37H36ClF2N3O5. The van der Waals surface area contributed by atoms with Crippen LogP contribution in [0.25, 0.3) is 22.3 Å². The number of benzene rings is 3. The number of hydrogen-bond donors (Lipinski definition) is 0. The highest BCUT2D eigenvalue weighted by molar-refractivity contribution is 6.30. The molecule has 4 heterocycles. The number of nitrogens with zero attached hydrogens (tertiary/aromatic N) is 3. The van der Waals surface area contributed by atoms with Gasteiger partial charge in [-0.2, -0.15) is 0 Å². The molecule has 0 saturated carbocycles. The number of methoxy groups -OCH3 is 1. The van der Waals surface area contributed by atoms with Crippen LogP contribution in [0.4, 0.5) is 8.78 Å². The van der Waals surface area contributed by atoms with Crippen molar-refractivity contribution in [2.24, 2.45) is 0 Å². The van der Waals surface area contributed by atoms with Crippen LogP contribution in [-0.2, 0) is 46.8 Å². The fourth-order valence-electron chi connectivity index (χ4n) is 6.21. The molecule has 2 aliphatic heterocycles. The number of rotatable bonds is 8. The van der Waals surface area contributed by atoms with Gasteiger partial charge in [0.1, 0.15) is 41.9 Å². The molecule has 0 N–H and O–H groups in total. The Morgan fingerprint density at radius 1 is 0.979 bits per heavy atom. The first-order valence-electron chi connectivity index (χ1n) is 16.1. The lowest BCUT2D eigenvalue weighted by Crippen LogP contribution is -2.31. The number of fused-ring (bicyclic) bond motifs is 7. The highest BCUT2D eigenvalue weighted by Crippen LogP contribution is 2.33. The second-order valence-corrected chi connectivity index (χ2v) is 12.6. The van der Waals surface area contributed by atoms with Gasteiger partial charge in [-0.1, -0.05) is 17.7 Å². The number of halogens is 3. The number of ether oxygens (including phenoxy) is 5. The third-order valence-electron chi connectivity index (χ3n) is 8.79. The van der Waals surface area contributed by atoms with Crippen LogP contribution in [0.15, 0.2) is 54.6 Å². The van der Waals surface area contributed by atoms with Crippen molar-refractivity contribution in [3.63, 3.8) is 0 Å². The molecule has 11 heteroatoms. The maximum Gasteiger partial charge on any atom is 0.214 e. The van der Waals surface area contributed by atoms with E-state index in [1.807, 2.05) is 13.0 Å². The summed E-state index contributed by atoms with van der Waals surface area (Å²) in [6.45, 7) is 4.66. The third kappa shape index (κ3) is 6.89. The summed E-state index contributed by atoms with van der Waals surface area (Å²) in [5.74, 6) is 0.806. The van der Waals surface area contributed by atoms with Crippen LogP contribution >= 0.6 is 11.6 Å². The molecule has 1 fully saturated rings. The lowest BCUT2D eigenvalue weighted by molar-refractivity contribution is -0.0589. The summed E-state index contributed by atoms with van der Waals surface area (Å²) >= 11 is 6.20. The first-order valence-corrected chi connectivity index (χ1v) is 16.4. The van der Waals surface area contributed by atoms with E-state index < -0.39 is 11.6 Å². The monoisotopic (exact) mass is 675 g/mol. The van der Waals surface area contributed by atoms with Crippen molar-refractivity contribution in [3.05, 3.63) is 105 Å². The van der Waals surface area contributed by atoms with E-state index in [1.54, 1.807) is 43.5 Å². The van der Waals surface area contributed by atoms with E-state index in [1.165, 1.54) is 6.07 Å². The van der Waals surface area contributed by atoms with Crippen molar-refractivity contribution in [2.45, 2.75) is 52.0 Å². The van der Waals surface area contributed by atoms with E-state index in [2.05, 4.69) is 15.6 Å². The molecule has 0 aliphatic carbocycles. The zero-order chi connectivity index (χ0) is 33.2. The second-order valence-electron chi connectivity index (χ2n) is 12.1. The summed E-state index contributed by atoms with van der Waals surface area (Å²) < 4.78 is 62.3. The van der Waals surface area contributed by atoms with Crippen molar-refractivity contribution in [2.75, 3.05) is 33.5 Å². The summed E-state index contributed by atoms with van der Waals surface area (Å²) in [5.41, 5.74) is 6.02. The van der Waals surface area contributed by atoms with Crippen molar-refractivity contribution in [1.82, 2.24) is 14.5 Å². The van der Waals surface area contributed by atoms with E-state index >= 15 is 4.39 Å². The molecule has 3 aromatic carbocycles. The molecule has 4 bridgehead atoms. The van der Waals surface area contributed by atoms with Crippen LogP contribution < -0.4 is 9.47 Å². The smallest absolute Gasteiger partial charge is 0.214 e. The molecule has 250 valence electrons. The first-order chi connectivity index (χ1) is 23.4. The van der Waals surface area contributed by atoms with Gasteiger partial charge >= 0.3 is 0 Å². The highest BCUT2D eigenvalue weighted by Gasteiger charge is 2.25. The summed E-state index contributed by atoms with van der Waals surface area (Å²) in [7, 11) is 1.64. The van der Waals surface area contributed by atoms with Gasteiger partial charge in [0, 0.05) is 42.4 Å². The summed E-state index contributed by atoms with van der Waals surface area (Å²) in [5, 5.41) is 0.301. The molecule has 2 aliphatic rings. The van der Waals surface area contributed by atoms with Gasteiger partial charge in [-0.3, -0.25) is 0 Å². The van der Waals surface area contributed by atoms with E-state index in [-0.39, 0.29) is 25.2 Å². The average molecular weight is 676 g/mol. The van der Waals surface area contributed by atoms with Gasteiger partial charge in [-0.25, -0.2) is 18.7 Å². The van der Waals surface area contributed by atoms with Crippen molar-refractivity contribution < 1.29 is 32.5 Å². The van der Waals surface area contributed by atoms with Crippen LogP contribution in [0, 0.1) is 18.6 Å². The van der Waals surface area contributed by atoms with Gasteiger partial charge in [-0.15, -0.1) is 0 Å². The Balaban J connectivity index is 1.28. The maximum atomic E-state index is 16.0. The predicted octanol–water partition coefficient (Wildman–Crippen LogP) is 7.39. The Bertz CT molecular complexity index is 1960. The number of aromatic nitrogens is 3. The molecule has 2 aromatic heterocycles. The lowest BCUT2D eigenvalue weighted by Gasteiger charge is -2.27. The number of imidazole rings is 1. The Kier molecular flexibility index (Phi) is 9.59. The van der Waals surface area contributed by atoms with Gasteiger partial charge in [0.15, 0.2) is 0 Å². The summed E-state index contributed by atoms with van der Waals surface area (Å²) in [4.78, 5) is 9.64. The second kappa shape index (κ2) is 14.2. The summed E-state index contributed by atoms with van der Waals surface area (Å²) in [6, 6.07) is 15.5. The SMILES string of the molecule is COCCOc1cc(C)cc2c1nc(Cc1cc(F)c3cc1COCCc1cc(Cl)cc(F)c1COc1cccc-3n1)n2CC1CCO1. The van der Waals surface area contributed by atoms with Gasteiger partial charge in [0.25, 0.3) is 0 Å². The van der Waals surface area contributed by atoms with Gasteiger partial charge in [-0.05, 0) is 84.5 Å². The molecule has 0 amide bonds. The topological polar surface area (TPSA) is 76.9 Å². The quantitative estimate of drug-likeness (QED) is 0.159. The van der Waals surface area contributed by atoms with Crippen LogP contribution in [0.5, 0.6) is 11.6 Å². The molecule has 7 rings (SSSR count). The van der Waals surface area contributed by atoms with Crippen LogP contribution in [0.1, 0.15) is 40.1 Å². The standard InChI is InChI=1S/C37H36ClF2N3O5/c1-22-12-33-37(34(13-22)47-11-10-44-2)42-35(43(33)19-27-7-9-46-27)17-24-16-30(39)28-15-25(24)20-45-8-6-23-14-26(38)18-31(40)29(23)21-48-36-5-3-4-32(28)41-36/h3-5,12-16,18,27H,6-11,17,19-21H2,1-2H3. The van der Waals surface area contributed by atoms with Gasteiger partial charge in [0.05, 0.1) is 43.7 Å². The number of aryl methyl sites for hydroxylation is 1. The highest BCUT2D eigenvalue weighted by atomic mass is 35.5. The fourth-order valence-corrected chi connectivity index (χ4v) is 6.44. The minimum Gasteiger partial charge on any atom is -0.489 e. The molecule has 1 atom stereocenters. The molecule has 1 saturated heterocycles. The molecule has 48 heavy (non-hydrogen) atoms. The molecule has 5 aromatic rings. The van der Waals surface area contributed by atoms with E-state index in [0.29, 0.717) is 72.4 Å². The van der Waals surface area contributed by atoms with Crippen molar-refractivity contribution in [1.29, 1.82) is 0 Å². The normalized spacial score (nSPS) is 16.1. The Labute approximate surface area is 282 Å². The van der Waals surface area contributed by atoms with Crippen molar-refractivity contribution >= 4 is 22.6 Å². The third-order valence-corrected chi connectivity index (χ3v) is 9.01. The zero-order valence-corrected chi connectivity index (χ0v) is 27.6. The fraction of sp³-hybridized carbons (Fsp3) is 0.351. The summed E-state index contributed by atoms with van der Waals surface area (Å²) in [6.07, 6.45) is 1.78. The van der Waals surface area contributed by atoms with Crippen LogP contribution in [-0.4, -0.2) is 54.2 Å². The molecule has 0 spiro atoms. The van der Waals surface area contributed by atoms with Crippen molar-refractivity contribution in [3.8, 4) is 22.9 Å². The largest absolute Gasteiger partial charge is 0.489 e. The minimum atomic E-state index is -0.461. The Hall–Kier alpha value is -4.09.